The number of rotatable bonds is 4. The van der Waals surface area contributed by atoms with Crippen molar-refractivity contribution in [1.29, 1.82) is 0 Å². The maximum absolute atomic E-state index is 12.7. The molecule has 4 heteroatoms. The van der Waals surface area contributed by atoms with Crippen LogP contribution in [0.15, 0.2) is 17.5 Å². The van der Waals surface area contributed by atoms with E-state index in [1.54, 1.807) is 11.3 Å². The Morgan fingerprint density at radius 3 is 2.89 bits per heavy atom. The molecule has 18 heavy (non-hydrogen) atoms. The van der Waals surface area contributed by atoms with Crippen molar-refractivity contribution < 1.29 is 4.79 Å². The number of thiophene rings is 1. The molecule has 0 aromatic carbocycles. The van der Waals surface area contributed by atoms with E-state index in [0.717, 1.165) is 19.6 Å². The smallest absolute Gasteiger partial charge is 0.227 e. The highest BCUT2D eigenvalue weighted by Gasteiger charge is 2.39. The molecule has 3 nitrogen and oxygen atoms in total. The highest BCUT2D eigenvalue weighted by molar-refractivity contribution is 7.09. The summed E-state index contributed by atoms with van der Waals surface area (Å²) in [7, 11) is 0. The molecule has 1 saturated carbocycles. The van der Waals surface area contributed by atoms with Gasteiger partial charge in [-0.1, -0.05) is 13.0 Å². The Bertz CT molecular complexity index is 413. The lowest BCUT2D eigenvalue weighted by atomic mass is 9.96. The highest BCUT2D eigenvalue weighted by Crippen LogP contribution is 2.32. The molecule has 2 heterocycles. The van der Waals surface area contributed by atoms with Gasteiger partial charge in [0.15, 0.2) is 0 Å². The molecule has 1 aromatic heterocycles. The molecule has 0 radical (unpaired) electrons. The molecule has 2 atom stereocenters. The fourth-order valence-corrected chi connectivity index (χ4v) is 3.40. The summed E-state index contributed by atoms with van der Waals surface area (Å²) in [6.07, 6.45) is 2.37. The lowest BCUT2D eigenvalue weighted by molar-refractivity contribution is -0.137. The van der Waals surface area contributed by atoms with Crippen LogP contribution in [0.25, 0.3) is 0 Å². The SMILES string of the molecule is CC1CNCC1C(=O)N(Cc1cccs1)C1CC1. The second-order valence-electron chi connectivity index (χ2n) is 5.52. The predicted molar refractivity (Wildman–Crippen MR) is 73.4 cm³/mol. The van der Waals surface area contributed by atoms with Gasteiger partial charge in [0.05, 0.1) is 12.5 Å². The first-order chi connectivity index (χ1) is 8.75. The Labute approximate surface area is 112 Å². The van der Waals surface area contributed by atoms with Gasteiger partial charge in [0.1, 0.15) is 0 Å². The van der Waals surface area contributed by atoms with E-state index in [2.05, 4.69) is 34.7 Å². The Kier molecular flexibility index (Phi) is 3.39. The second kappa shape index (κ2) is 5.02. The van der Waals surface area contributed by atoms with Crippen LogP contribution in [0, 0.1) is 11.8 Å². The molecule has 1 N–H and O–H groups in total. The molecule has 3 rings (SSSR count). The summed E-state index contributed by atoms with van der Waals surface area (Å²) < 4.78 is 0. The average molecular weight is 264 g/mol. The molecular weight excluding hydrogens is 244 g/mol. The number of carbonyl (C=O) groups is 1. The van der Waals surface area contributed by atoms with Gasteiger partial charge in [0.2, 0.25) is 5.91 Å². The topological polar surface area (TPSA) is 32.3 Å². The molecule has 1 aliphatic heterocycles. The van der Waals surface area contributed by atoms with Gasteiger partial charge in [-0.2, -0.15) is 0 Å². The molecule has 0 bridgehead atoms. The first kappa shape index (κ1) is 12.2. The zero-order chi connectivity index (χ0) is 12.5. The monoisotopic (exact) mass is 264 g/mol. The van der Waals surface area contributed by atoms with E-state index in [1.165, 1.54) is 17.7 Å². The summed E-state index contributed by atoms with van der Waals surface area (Å²) in [4.78, 5) is 16.1. The van der Waals surface area contributed by atoms with Gasteiger partial charge in [-0.05, 0) is 36.8 Å². The molecule has 98 valence electrons. The van der Waals surface area contributed by atoms with E-state index >= 15 is 0 Å². The Hall–Kier alpha value is -0.870. The third kappa shape index (κ3) is 2.45. The quantitative estimate of drug-likeness (QED) is 0.903. The number of hydrogen-bond donors (Lipinski definition) is 1. The number of hydrogen-bond acceptors (Lipinski definition) is 3. The van der Waals surface area contributed by atoms with Crippen LogP contribution in [0.4, 0.5) is 0 Å². The van der Waals surface area contributed by atoms with Crippen molar-refractivity contribution in [2.24, 2.45) is 11.8 Å². The number of nitrogens with one attached hydrogen (secondary N) is 1. The van der Waals surface area contributed by atoms with Gasteiger partial charge < -0.3 is 10.2 Å². The van der Waals surface area contributed by atoms with E-state index in [9.17, 15) is 4.79 Å². The summed E-state index contributed by atoms with van der Waals surface area (Å²) in [5, 5.41) is 5.42. The van der Waals surface area contributed by atoms with E-state index in [0.29, 0.717) is 17.9 Å². The number of carbonyl (C=O) groups excluding carboxylic acids is 1. The fourth-order valence-electron chi connectivity index (χ4n) is 2.70. The van der Waals surface area contributed by atoms with Crippen LogP contribution >= 0.6 is 11.3 Å². The minimum atomic E-state index is 0.186. The lowest BCUT2D eigenvalue weighted by Gasteiger charge is -2.26. The summed E-state index contributed by atoms with van der Waals surface area (Å²) >= 11 is 1.75. The van der Waals surface area contributed by atoms with Gasteiger partial charge in [-0.25, -0.2) is 0 Å². The molecule has 2 unspecified atom stereocenters. The van der Waals surface area contributed by atoms with Gasteiger partial charge in [0.25, 0.3) is 0 Å². The van der Waals surface area contributed by atoms with E-state index in [4.69, 9.17) is 0 Å². The second-order valence-corrected chi connectivity index (χ2v) is 6.55. The van der Waals surface area contributed by atoms with Gasteiger partial charge in [-0.15, -0.1) is 11.3 Å². The number of nitrogens with zero attached hydrogens (tertiary/aromatic N) is 1. The van der Waals surface area contributed by atoms with Crippen molar-refractivity contribution in [2.45, 2.75) is 32.4 Å². The molecule has 1 aliphatic carbocycles. The zero-order valence-corrected chi connectivity index (χ0v) is 11.6. The largest absolute Gasteiger partial charge is 0.334 e. The molecule has 2 fully saturated rings. The van der Waals surface area contributed by atoms with Crippen molar-refractivity contribution in [1.82, 2.24) is 10.2 Å². The fraction of sp³-hybridized carbons (Fsp3) is 0.643. The van der Waals surface area contributed by atoms with Crippen molar-refractivity contribution >= 4 is 17.2 Å². The van der Waals surface area contributed by atoms with Crippen molar-refractivity contribution in [3.8, 4) is 0 Å². The summed E-state index contributed by atoms with van der Waals surface area (Å²) in [5.41, 5.74) is 0. The summed E-state index contributed by atoms with van der Waals surface area (Å²) in [6.45, 7) is 4.82. The van der Waals surface area contributed by atoms with Crippen LogP contribution in [0.2, 0.25) is 0 Å². The van der Waals surface area contributed by atoms with Crippen LogP contribution in [0.3, 0.4) is 0 Å². The maximum Gasteiger partial charge on any atom is 0.227 e. The van der Waals surface area contributed by atoms with Crippen LogP contribution in [0.5, 0.6) is 0 Å². The van der Waals surface area contributed by atoms with Crippen LogP contribution in [-0.4, -0.2) is 29.9 Å². The van der Waals surface area contributed by atoms with Crippen molar-refractivity contribution in [3.05, 3.63) is 22.4 Å². The first-order valence-corrected chi connectivity index (χ1v) is 7.67. The Morgan fingerprint density at radius 1 is 1.50 bits per heavy atom. The summed E-state index contributed by atoms with van der Waals surface area (Å²) in [6, 6.07) is 4.70. The Morgan fingerprint density at radius 2 is 2.33 bits per heavy atom. The molecule has 1 aromatic rings. The molecule has 0 spiro atoms. The van der Waals surface area contributed by atoms with E-state index in [1.807, 2.05) is 0 Å². The highest BCUT2D eigenvalue weighted by atomic mass is 32.1. The minimum absolute atomic E-state index is 0.186. The van der Waals surface area contributed by atoms with E-state index in [-0.39, 0.29) is 5.92 Å². The first-order valence-electron chi connectivity index (χ1n) is 6.79. The molecule has 2 aliphatic rings. The van der Waals surface area contributed by atoms with Crippen molar-refractivity contribution in [2.75, 3.05) is 13.1 Å². The predicted octanol–water partition coefficient (Wildman–Crippen LogP) is 2.09. The molecule has 1 amide bonds. The van der Waals surface area contributed by atoms with Crippen molar-refractivity contribution in [3.63, 3.8) is 0 Å². The van der Waals surface area contributed by atoms with Crippen LogP contribution in [-0.2, 0) is 11.3 Å². The van der Waals surface area contributed by atoms with Crippen LogP contribution in [0.1, 0.15) is 24.6 Å². The van der Waals surface area contributed by atoms with Gasteiger partial charge in [-0.3, -0.25) is 4.79 Å². The van der Waals surface area contributed by atoms with Gasteiger partial charge >= 0.3 is 0 Å². The maximum atomic E-state index is 12.7. The third-order valence-corrected chi connectivity index (χ3v) is 4.87. The Balaban J connectivity index is 1.71. The minimum Gasteiger partial charge on any atom is -0.334 e. The standard InChI is InChI=1S/C14H20N2OS/c1-10-7-15-8-13(10)14(17)16(11-4-5-11)9-12-3-2-6-18-12/h2-3,6,10-11,13,15H,4-5,7-9H2,1H3. The molecular formula is C14H20N2OS. The lowest BCUT2D eigenvalue weighted by Crippen LogP contribution is -2.39. The van der Waals surface area contributed by atoms with Crippen LogP contribution < -0.4 is 5.32 Å². The normalized spacial score (nSPS) is 27.4. The van der Waals surface area contributed by atoms with E-state index < -0.39 is 0 Å². The average Bonchev–Trinajstić information content (AvgIpc) is 2.89. The third-order valence-electron chi connectivity index (χ3n) is 4.01. The summed E-state index contributed by atoms with van der Waals surface area (Å²) in [5.74, 6) is 1.02. The number of amides is 1. The molecule has 1 saturated heterocycles. The zero-order valence-electron chi connectivity index (χ0n) is 10.8. The van der Waals surface area contributed by atoms with Gasteiger partial charge in [0, 0.05) is 17.5 Å².